The molecule has 1 aromatic heterocycles. The molecule has 94 valence electrons. The average molecular weight is 321 g/mol. The van der Waals surface area contributed by atoms with E-state index in [-0.39, 0.29) is 5.92 Å². The number of nitrogens with zero attached hydrogens (tertiary/aromatic N) is 2. The standard InChI is InChI=1S/C10H13BrN2O3S/c1-2-7(6-17)4-12-5-8(11)3-9(10(12)14)13(15)16/h3,5,7,17H,2,4,6H2,1H3. The predicted octanol–water partition coefficient (Wildman–Crippen LogP) is 2.48. The molecule has 0 spiro atoms. The molecule has 0 saturated carbocycles. The molecule has 5 nitrogen and oxygen atoms in total. The van der Waals surface area contributed by atoms with Gasteiger partial charge < -0.3 is 4.57 Å². The number of aromatic nitrogens is 1. The molecule has 0 saturated heterocycles. The summed E-state index contributed by atoms with van der Waals surface area (Å²) in [5.41, 5.74) is -0.980. The summed E-state index contributed by atoms with van der Waals surface area (Å²) in [6.07, 6.45) is 2.44. The first-order valence-corrected chi connectivity index (χ1v) is 6.57. The Hall–Kier alpha value is -0.820. The Bertz CT molecular complexity index is 471. The van der Waals surface area contributed by atoms with Gasteiger partial charge in [0.2, 0.25) is 0 Å². The summed E-state index contributed by atoms with van der Waals surface area (Å²) in [7, 11) is 0. The third-order valence-electron chi connectivity index (χ3n) is 2.52. The first kappa shape index (κ1) is 14.2. The van der Waals surface area contributed by atoms with E-state index < -0.39 is 16.2 Å². The largest absolute Gasteiger partial charge is 0.335 e. The number of rotatable bonds is 5. The van der Waals surface area contributed by atoms with E-state index in [9.17, 15) is 14.9 Å². The zero-order chi connectivity index (χ0) is 13.0. The molecule has 0 radical (unpaired) electrons. The second-order valence-electron chi connectivity index (χ2n) is 3.72. The number of hydrogen-bond acceptors (Lipinski definition) is 4. The van der Waals surface area contributed by atoms with Crippen molar-refractivity contribution in [3.63, 3.8) is 0 Å². The zero-order valence-electron chi connectivity index (χ0n) is 9.30. The van der Waals surface area contributed by atoms with Crippen molar-refractivity contribution in [1.29, 1.82) is 0 Å². The second kappa shape index (κ2) is 6.20. The average Bonchev–Trinajstić information content (AvgIpc) is 2.29. The van der Waals surface area contributed by atoms with Crippen molar-refractivity contribution >= 4 is 34.2 Å². The fraction of sp³-hybridized carbons (Fsp3) is 0.500. The van der Waals surface area contributed by atoms with E-state index >= 15 is 0 Å². The summed E-state index contributed by atoms with van der Waals surface area (Å²) in [5, 5.41) is 10.7. The highest BCUT2D eigenvalue weighted by molar-refractivity contribution is 9.10. The molecule has 0 aromatic carbocycles. The normalized spacial score (nSPS) is 12.4. The smallest absolute Gasteiger partial charge is 0.308 e. The Labute approximate surface area is 113 Å². The Morgan fingerprint density at radius 3 is 2.76 bits per heavy atom. The van der Waals surface area contributed by atoms with Crippen molar-refractivity contribution in [2.45, 2.75) is 19.9 Å². The van der Waals surface area contributed by atoms with Gasteiger partial charge in [0.1, 0.15) is 0 Å². The van der Waals surface area contributed by atoms with Crippen molar-refractivity contribution in [3.05, 3.63) is 37.2 Å². The molecule has 1 unspecified atom stereocenters. The highest BCUT2D eigenvalue weighted by Gasteiger charge is 2.17. The summed E-state index contributed by atoms with van der Waals surface area (Å²) in [6.45, 7) is 2.44. The minimum Gasteiger partial charge on any atom is -0.308 e. The van der Waals surface area contributed by atoms with Crippen LogP contribution in [-0.4, -0.2) is 15.2 Å². The van der Waals surface area contributed by atoms with E-state index in [2.05, 4.69) is 28.6 Å². The predicted molar refractivity (Wildman–Crippen MR) is 72.7 cm³/mol. The van der Waals surface area contributed by atoms with Crippen LogP contribution < -0.4 is 5.56 Å². The molecule has 0 aliphatic carbocycles. The van der Waals surface area contributed by atoms with Crippen molar-refractivity contribution < 1.29 is 4.92 Å². The Morgan fingerprint density at radius 2 is 2.29 bits per heavy atom. The molecule has 0 aliphatic heterocycles. The van der Waals surface area contributed by atoms with Gasteiger partial charge in [0.15, 0.2) is 0 Å². The minimum absolute atomic E-state index is 0.227. The SMILES string of the molecule is CCC(CS)Cn1cc(Br)cc([N+](=O)[O-])c1=O. The van der Waals surface area contributed by atoms with Gasteiger partial charge in [-0.25, -0.2) is 0 Å². The number of thiol groups is 1. The Balaban J connectivity index is 3.16. The van der Waals surface area contributed by atoms with E-state index in [0.717, 1.165) is 6.42 Å². The molecular weight excluding hydrogens is 308 g/mol. The maximum atomic E-state index is 11.8. The van der Waals surface area contributed by atoms with Crippen molar-refractivity contribution in [2.24, 2.45) is 5.92 Å². The van der Waals surface area contributed by atoms with Gasteiger partial charge in [0.25, 0.3) is 0 Å². The molecule has 0 N–H and O–H groups in total. The van der Waals surface area contributed by atoms with Crippen LogP contribution in [0.4, 0.5) is 5.69 Å². The summed E-state index contributed by atoms with van der Waals surface area (Å²) < 4.78 is 1.89. The number of pyridine rings is 1. The maximum Gasteiger partial charge on any atom is 0.335 e. The van der Waals surface area contributed by atoms with Crippen LogP contribution in [0.5, 0.6) is 0 Å². The molecule has 7 heteroatoms. The Kier molecular flexibility index (Phi) is 5.20. The van der Waals surface area contributed by atoms with Crippen LogP contribution >= 0.6 is 28.6 Å². The molecule has 1 aromatic rings. The van der Waals surface area contributed by atoms with Crippen molar-refractivity contribution in [1.82, 2.24) is 4.57 Å². The first-order valence-electron chi connectivity index (χ1n) is 5.14. The van der Waals surface area contributed by atoms with Gasteiger partial charge >= 0.3 is 11.2 Å². The molecule has 1 atom stereocenters. The second-order valence-corrected chi connectivity index (χ2v) is 5.00. The molecule has 0 fully saturated rings. The van der Waals surface area contributed by atoms with Crippen LogP contribution in [-0.2, 0) is 6.54 Å². The monoisotopic (exact) mass is 320 g/mol. The summed E-state index contributed by atoms with van der Waals surface area (Å²) >= 11 is 7.36. The van der Waals surface area contributed by atoms with Crippen molar-refractivity contribution in [2.75, 3.05) is 5.75 Å². The zero-order valence-corrected chi connectivity index (χ0v) is 11.8. The Morgan fingerprint density at radius 1 is 1.65 bits per heavy atom. The van der Waals surface area contributed by atoms with Gasteiger partial charge in [-0.2, -0.15) is 12.6 Å². The van der Waals surface area contributed by atoms with Crippen LogP contribution in [0.25, 0.3) is 0 Å². The van der Waals surface area contributed by atoms with Crippen LogP contribution in [0.15, 0.2) is 21.5 Å². The fourth-order valence-electron chi connectivity index (χ4n) is 1.44. The lowest BCUT2D eigenvalue weighted by Gasteiger charge is -2.13. The van der Waals surface area contributed by atoms with E-state index in [1.807, 2.05) is 6.92 Å². The van der Waals surface area contributed by atoms with Crippen LogP contribution in [0.3, 0.4) is 0 Å². The molecule has 17 heavy (non-hydrogen) atoms. The first-order chi connectivity index (χ1) is 7.99. The van der Waals surface area contributed by atoms with Gasteiger partial charge in [-0.1, -0.05) is 13.3 Å². The van der Waals surface area contributed by atoms with E-state index in [0.29, 0.717) is 16.8 Å². The number of halogens is 1. The summed E-state index contributed by atoms with van der Waals surface area (Å²) in [4.78, 5) is 21.9. The number of nitro groups is 1. The molecule has 0 amide bonds. The number of hydrogen-bond donors (Lipinski definition) is 1. The highest BCUT2D eigenvalue weighted by atomic mass is 79.9. The fourth-order valence-corrected chi connectivity index (χ4v) is 2.28. The maximum absolute atomic E-state index is 11.8. The quantitative estimate of drug-likeness (QED) is 0.515. The third kappa shape index (κ3) is 3.57. The lowest BCUT2D eigenvalue weighted by atomic mass is 10.1. The lowest BCUT2D eigenvalue weighted by Crippen LogP contribution is -2.26. The topological polar surface area (TPSA) is 65.1 Å². The van der Waals surface area contributed by atoms with E-state index in [1.165, 1.54) is 10.6 Å². The minimum atomic E-state index is -0.661. The van der Waals surface area contributed by atoms with Crippen LogP contribution in [0, 0.1) is 16.0 Å². The molecule has 0 bridgehead atoms. The van der Waals surface area contributed by atoms with Gasteiger partial charge in [-0.15, -0.1) is 0 Å². The molecule has 1 rings (SSSR count). The molecule has 1 heterocycles. The van der Waals surface area contributed by atoms with Crippen LogP contribution in [0.1, 0.15) is 13.3 Å². The van der Waals surface area contributed by atoms with Gasteiger partial charge in [-0.3, -0.25) is 14.9 Å². The summed E-state index contributed by atoms with van der Waals surface area (Å²) in [5.74, 6) is 0.869. The van der Waals surface area contributed by atoms with E-state index in [4.69, 9.17) is 0 Å². The van der Waals surface area contributed by atoms with Gasteiger partial charge in [0, 0.05) is 23.3 Å². The highest BCUT2D eigenvalue weighted by Crippen LogP contribution is 2.15. The molecule has 0 aliphatic rings. The van der Waals surface area contributed by atoms with E-state index in [1.54, 1.807) is 6.20 Å². The molecular formula is C10H13BrN2O3S. The van der Waals surface area contributed by atoms with Crippen LogP contribution in [0.2, 0.25) is 0 Å². The third-order valence-corrected chi connectivity index (χ3v) is 3.47. The van der Waals surface area contributed by atoms with Crippen molar-refractivity contribution in [3.8, 4) is 0 Å². The van der Waals surface area contributed by atoms with Gasteiger partial charge in [0.05, 0.1) is 4.92 Å². The summed E-state index contributed by atoms with van der Waals surface area (Å²) in [6, 6.07) is 1.22. The van der Waals surface area contributed by atoms with Gasteiger partial charge in [-0.05, 0) is 27.6 Å². The lowest BCUT2D eigenvalue weighted by molar-refractivity contribution is -0.386.